The molecule has 0 aliphatic heterocycles. The Morgan fingerprint density at radius 3 is 2.77 bits per heavy atom. The second-order valence-corrected chi connectivity index (χ2v) is 3.53. The summed E-state index contributed by atoms with van der Waals surface area (Å²) in [6.07, 6.45) is 2.94. The fourth-order valence-corrected chi connectivity index (χ4v) is 1.41. The van der Waals surface area contributed by atoms with Gasteiger partial charge in [0.2, 0.25) is 5.89 Å². The molecule has 13 heavy (non-hydrogen) atoms. The van der Waals surface area contributed by atoms with Gasteiger partial charge in [0.05, 0.1) is 0 Å². The van der Waals surface area contributed by atoms with E-state index in [1.165, 1.54) is 11.8 Å². The molecule has 1 rings (SSSR count). The first-order valence-corrected chi connectivity index (χ1v) is 5.56. The van der Waals surface area contributed by atoms with Gasteiger partial charge >= 0.3 is 0 Å². The molecule has 0 amide bonds. The molecule has 0 aliphatic carbocycles. The molecule has 0 radical (unpaired) electrons. The molecule has 4 nitrogen and oxygen atoms in total. The number of thioether (sulfide) groups is 1. The number of nitrogens with one attached hydrogen (secondary N) is 1. The van der Waals surface area contributed by atoms with Crippen LogP contribution in [0.5, 0.6) is 0 Å². The average Bonchev–Trinajstić information content (AvgIpc) is 2.62. The minimum atomic E-state index is 0.332. The van der Waals surface area contributed by atoms with Crippen LogP contribution in [-0.4, -0.2) is 30.0 Å². The standard InChI is InChI=1S/C8H15N3OS/c1-4-6(5-9-2)7-10-11-8(12-7)13-3/h6,9H,4-5H2,1-3H3. The summed E-state index contributed by atoms with van der Waals surface area (Å²) in [7, 11) is 1.93. The van der Waals surface area contributed by atoms with E-state index in [-0.39, 0.29) is 0 Å². The smallest absolute Gasteiger partial charge is 0.276 e. The summed E-state index contributed by atoms with van der Waals surface area (Å²) in [6.45, 7) is 3.00. The van der Waals surface area contributed by atoms with Crippen LogP contribution in [0.1, 0.15) is 25.2 Å². The minimum Gasteiger partial charge on any atom is -0.416 e. The third-order valence-electron chi connectivity index (χ3n) is 1.89. The highest BCUT2D eigenvalue weighted by atomic mass is 32.2. The summed E-state index contributed by atoms with van der Waals surface area (Å²) in [5.74, 6) is 1.07. The van der Waals surface area contributed by atoms with Crippen molar-refractivity contribution in [2.45, 2.75) is 24.5 Å². The van der Waals surface area contributed by atoms with Crippen LogP contribution >= 0.6 is 11.8 Å². The monoisotopic (exact) mass is 201 g/mol. The van der Waals surface area contributed by atoms with E-state index in [2.05, 4.69) is 22.4 Å². The Labute approximate surface area is 82.5 Å². The number of likely N-dealkylation sites (N-methyl/N-ethyl adjacent to an activating group) is 1. The minimum absolute atomic E-state index is 0.332. The van der Waals surface area contributed by atoms with Crippen molar-refractivity contribution >= 4 is 11.8 Å². The molecule has 1 N–H and O–H groups in total. The maximum Gasteiger partial charge on any atom is 0.276 e. The molecule has 74 valence electrons. The van der Waals surface area contributed by atoms with Crippen LogP contribution in [0.4, 0.5) is 0 Å². The fraction of sp³-hybridized carbons (Fsp3) is 0.750. The van der Waals surface area contributed by atoms with Crippen LogP contribution in [0.3, 0.4) is 0 Å². The van der Waals surface area contributed by atoms with E-state index in [0.717, 1.165) is 18.9 Å². The van der Waals surface area contributed by atoms with Gasteiger partial charge in [0.15, 0.2) is 0 Å². The lowest BCUT2D eigenvalue weighted by atomic mass is 10.1. The summed E-state index contributed by atoms with van der Waals surface area (Å²) in [4.78, 5) is 0. The second-order valence-electron chi connectivity index (χ2n) is 2.77. The zero-order valence-corrected chi connectivity index (χ0v) is 9.02. The predicted molar refractivity (Wildman–Crippen MR) is 53.0 cm³/mol. The zero-order valence-electron chi connectivity index (χ0n) is 8.20. The van der Waals surface area contributed by atoms with Crippen molar-refractivity contribution in [2.75, 3.05) is 19.8 Å². The summed E-state index contributed by atoms with van der Waals surface area (Å²) >= 11 is 1.47. The molecule has 1 unspecified atom stereocenters. The summed E-state index contributed by atoms with van der Waals surface area (Å²) in [6, 6.07) is 0. The molecule has 1 aromatic heterocycles. The van der Waals surface area contributed by atoms with E-state index >= 15 is 0 Å². The lowest BCUT2D eigenvalue weighted by Gasteiger charge is -2.07. The molecule has 0 spiro atoms. The Balaban J connectivity index is 2.67. The first-order valence-electron chi connectivity index (χ1n) is 4.33. The van der Waals surface area contributed by atoms with Crippen LogP contribution in [-0.2, 0) is 0 Å². The van der Waals surface area contributed by atoms with Crippen molar-refractivity contribution in [1.29, 1.82) is 0 Å². The van der Waals surface area contributed by atoms with Gasteiger partial charge in [-0.3, -0.25) is 0 Å². The number of rotatable bonds is 5. The molecule has 0 aromatic carbocycles. The fourth-order valence-electron chi connectivity index (χ4n) is 1.12. The molecule has 5 heteroatoms. The lowest BCUT2D eigenvalue weighted by molar-refractivity contribution is 0.375. The highest BCUT2D eigenvalue weighted by molar-refractivity contribution is 7.98. The van der Waals surface area contributed by atoms with Gasteiger partial charge in [-0.15, -0.1) is 10.2 Å². The SMILES string of the molecule is CCC(CNC)c1nnc(SC)o1. The maximum absolute atomic E-state index is 5.44. The highest BCUT2D eigenvalue weighted by Gasteiger charge is 2.15. The lowest BCUT2D eigenvalue weighted by Crippen LogP contribution is -2.16. The van der Waals surface area contributed by atoms with Gasteiger partial charge in [0.1, 0.15) is 0 Å². The van der Waals surface area contributed by atoms with Crippen molar-refractivity contribution in [2.24, 2.45) is 0 Å². The molecule has 1 atom stereocenters. The third kappa shape index (κ3) is 2.70. The van der Waals surface area contributed by atoms with Crippen molar-refractivity contribution in [3.05, 3.63) is 5.89 Å². The van der Waals surface area contributed by atoms with Crippen molar-refractivity contribution < 1.29 is 4.42 Å². The summed E-state index contributed by atoms with van der Waals surface area (Å²) < 4.78 is 5.44. The second kappa shape index (κ2) is 5.24. The molecule has 0 aliphatic rings. The maximum atomic E-state index is 5.44. The number of nitrogens with zero attached hydrogens (tertiary/aromatic N) is 2. The predicted octanol–water partition coefficient (Wildman–Crippen LogP) is 1.50. The molecule has 0 fully saturated rings. The Kier molecular flexibility index (Phi) is 4.24. The Morgan fingerprint density at radius 1 is 1.54 bits per heavy atom. The average molecular weight is 201 g/mol. The molecular weight excluding hydrogens is 186 g/mol. The number of hydrogen-bond donors (Lipinski definition) is 1. The van der Waals surface area contributed by atoms with Crippen LogP contribution < -0.4 is 5.32 Å². The van der Waals surface area contributed by atoms with Crippen LogP contribution in [0.2, 0.25) is 0 Å². The number of aromatic nitrogens is 2. The van der Waals surface area contributed by atoms with E-state index in [1.54, 1.807) is 0 Å². The Bertz CT molecular complexity index is 251. The van der Waals surface area contributed by atoms with Crippen molar-refractivity contribution in [1.82, 2.24) is 15.5 Å². The zero-order chi connectivity index (χ0) is 9.68. The largest absolute Gasteiger partial charge is 0.416 e. The van der Waals surface area contributed by atoms with Gasteiger partial charge in [-0.25, -0.2) is 0 Å². The van der Waals surface area contributed by atoms with Crippen LogP contribution in [0, 0.1) is 0 Å². The molecule has 1 heterocycles. The van der Waals surface area contributed by atoms with Gasteiger partial charge in [-0.1, -0.05) is 18.7 Å². The molecular formula is C8H15N3OS. The Morgan fingerprint density at radius 2 is 2.31 bits per heavy atom. The van der Waals surface area contributed by atoms with E-state index in [0.29, 0.717) is 11.1 Å². The van der Waals surface area contributed by atoms with Crippen LogP contribution in [0.25, 0.3) is 0 Å². The topological polar surface area (TPSA) is 51.0 Å². The van der Waals surface area contributed by atoms with Crippen molar-refractivity contribution in [3.8, 4) is 0 Å². The van der Waals surface area contributed by atoms with E-state index in [9.17, 15) is 0 Å². The Hall–Kier alpha value is -0.550. The van der Waals surface area contributed by atoms with Gasteiger partial charge in [-0.2, -0.15) is 0 Å². The summed E-state index contributed by atoms with van der Waals surface area (Å²) in [5.41, 5.74) is 0. The molecule has 0 saturated carbocycles. The quantitative estimate of drug-likeness (QED) is 0.732. The van der Waals surface area contributed by atoms with E-state index in [4.69, 9.17) is 4.42 Å². The van der Waals surface area contributed by atoms with Crippen molar-refractivity contribution in [3.63, 3.8) is 0 Å². The highest BCUT2D eigenvalue weighted by Crippen LogP contribution is 2.20. The first kappa shape index (κ1) is 10.5. The number of hydrogen-bond acceptors (Lipinski definition) is 5. The third-order valence-corrected chi connectivity index (χ3v) is 2.40. The van der Waals surface area contributed by atoms with Crippen LogP contribution in [0.15, 0.2) is 9.64 Å². The van der Waals surface area contributed by atoms with Gasteiger partial charge < -0.3 is 9.73 Å². The van der Waals surface area contributed by atoms with Gasteiger partial charge in [0, 0.05) is 12.5 Å². The first-order chi connectivity index (χ1) is 6.31. The molecule has 1 aromatic rings. The van der Waals surface area contributed by atoms with E-state index in [1.807, 2.05) is 13.3 Å². The normalized spacial score (nSPS) is 13.2. The molecule has 0 bridgehead atoms. The summed E-state index contributed by atoms with van der Waals surface area (Å²) in [5, 5.41) is 11.7. The van der Waals surface area contributed by atoms with E-state index < -0.39 is 0 Å². The molecule has 0 saturated heterocycles. The van der Waals surface area contributed by atoms with Gasteiger partial charge in [-0.05, 0) is 19.7 Å². The van der Waals surface area contributed by atoms with Gasteiger partial charge in [0.25, 0.3) is 5.22 Å².